The Morgan fingerprint density at radius 2 is 2.00 bits per heavy atom. The van der Waals surface area contributed by atoms with Gasteiger partial charge in [0.05, 0.1) is 32.8 Å². The number of Topliss-reactive ketones (excluding diaryl/α,β-unsaturated/α-hetero) is 1. The lowest BCUT2D eigenvalue weighted by Crippen LogP contribution is -2.19. The summed E-state index contributed by atoms with van der Waals surface area (Å²) in [6.45, 7) is 0.382. The van der Waals surface area contributed by atoms with Crippen molar-refractivity contribution in [2.45, 2.75) is 13.2 Å². The molecule has 0 N–H and O–H groups in total. The molecule has 6 nitrogen and oxygen atoms in total. The van der Waals surface area contributed by atoms with Crippen LogP contribution < -0.4 is 0 Å². The van der Waals surface area contributed by atoms with Crippen molar-refractivity contribution < 1.29 is 19.1 Å². The molecule has 0 saturated carbocycles. The largest absolute Gasteiger partial charge is 0.464 e. The van der Waals surface area contributed by atoms with E-state index in [4.69, 9.17) is 4.74 Å². The predicted octanol–water partition coefficient (Wildman–Crippen LogP) is 1.46. The minimum atomic E-state index is -0.523. The third-order valence-electron chi connectivity index (χ3n) is 2.83. The molecule has 1 heterocycles. The number of carbonyl (C=O) groups is 2. The lowest BCUT2D eigenvalue weighted by molar-refractivity contribution is -0.124. The zero-order valence-corrected chi connectivity index (χ0v) is 11.7. The van der Waals surface area contributed by atoms with Gasteiger partial charge in [0.1, 0.15) is 12.3 Å². The van der Waals surface area contributed by atoms with Crippen LogP contribution in [0.1, 0.15) is 16.1 Å². The first kappa shape index (κ1) is 14.9. The molecule has 0 bridgehead atoms. The Labute approximate surface area is 122 Å². The van der Waals surface area contributed by atoms with E-state index in [1.165, 1.54) is 24.2 Å². The Bertz CT molecular complexity index is 607. The van der Waals surface area contributed by atoms with Gasteiger partial charge in [-0.15, -0.1) is 0 Å². The summed E-state index contributed by atoms with van der Waals surface area (Å²) in [6.07, 6.45) is 2.78. The molecular weight excluding hydrogens is 272 g/mol. The predicted molar refractivity (Wildman–Crippen MR) is 74.7 cm³/mol. The lowest BCUT2D eigenvalue weighted by atomic mass is 10.2. The van der Waals surface area contributed by atoms with Gasteiger partial charge in [-0.2, -0.15) is 0 Å². The molecule has 0 saturated heterocycles. The Kier molecular flexibility index (Phi) is 5.22. The third-order valence-corrected chi connectivity index (χ3v) is 2.83. The standard InChI is InChI=1S/C15H16N2O4/c1-20-15(19)14-7-16-11-17(14)8-13(18)10-21-9-12-5-3-2-4-6-12/h2-7,11H,8-10H2,1H3. The van der Waals surface area contributed by atoms with Crippen molar-refractivity contribution in [1.82, 2.24) is 9.55 Å². The number of esters is 1. The Hall–Kier alpha value is -2.47. The van der Waals surface area contributed by atoms with Gasteiger partial charge in [0.25, 0.3) is 0 Å². The smallest absolute Gasteiger partial charge is 0.356 e. The molecule has 0 spiro atoms. The van der Waals surface area contributed by atoms with Crippen LogP contribution in [0.3, 0.4) is 0 Å². The van der Waals surface area contributed by atoms with Crippen LogP contribution in [0.4, 0.5) is 0 Å². The molecule has 0 aliphatic heterocycles. The first-order valence-corrected chi connectivity index (χ1v) is 6.42. The molecule has 0 fully saturated rings. The highest BCUT2D eigenvalue weighted by Crippen LogP contribution is 2.03. The molecule has 0 aliphatic carbocycles. The normalized spacial score (nSPS) is 10.3. The number of benzene rings is 1. The number of hydrogen-bond donors (Lipinski definition) is 0. The van der Waals surface area contributed by atoms with Crippen molar-refractivity contribution in [2.24, 2.45) is 0 Å². The van der Waals surface area contributed by atoms with Crippen LogP contribution in [0.15, 0.2) is 42.9 Å². The van der Waals surface area contributed by atoms with Crippen molar-refractivity contribution in [1.29, 1.82) is 0 Å². The first-order valence-electron chi connectivity index (χ1n) is 6.42. The molecule has 2 aromatic rings. The van der Waals surface area contributed by atoms with Gasteiger partial charge in [-0.05, 0) is 5.56 Å². The number of hydrogen-bond acceptors (Lipinski definition) is 5. The van der Waals surface area contributed by atoms with Crippen molar-refractivity contribution in [3.05, 3.63) is 54.1 Å². The molecule has 0 aliphatic rings. The van der Waals surface area contributed by atoms with E-state index in [1.807, 2.05) is 30.3 Å². The van der Waals surface area contributed by atoms with Gasteiger partial charge >= 0.3 is 5.97 Å². The maximum absolute atomic E-state index is 11.8. The number of carbonyl (C=O) groups excluding carboxylic acids is 2. The zero-order valence-electron chi connectivity index (χ0n) is 11.7. The Morgan fingerprint density at radius 3 is 2.71 bits per heavy atom. The van der Waals surface area contributed by atoms with Crippen LogP contribution in [-0.4, -0.2) is 35.0 Å². The number of ether oxygens (including phenoxy) is 2. The molecule has 0 unspecified atom stereocenters. The van der Waals surface area contributed by atoms with E-state index in [1.54, 1.807) is 0 Å². The molecule has 21 heavy (non-hydrogen) atoms. The summed E-state index contributed by atoms with van der Waals surface area (Å²) in [4.78, 5) is 27.1. The zero-order chi connectivity index (χ0) is 15.1. The van der Waals surface area contributed by atoms with Gasteiger partial charge in [0.15, 0.2) is 5.78 Å². The van der Waals surface area contributed by atoms with Gasteiger partial charge in [-0.25, -0.2) is 9.78 Å². The summed E-state index contributed by atoms with van der Waals surface area (Å²) in [5.41, 5.74) is 1.25. The van der Waals surface area contributed by atoms with Crippen LogP contribution >= 0.6 is 0 Å². The number of methoxy groups -OCH3 is 1. The maximum Gasteiger partial charge on any atom is 0.356 e. The number of ketones is 1. The number of imidazole rings is 1. The van der Waals surface area contributed by atoms with E-state index in [9.17, 15) is 9.59 Å². The molecule has 0 amide bonds. The van der Waals surface area contributed by atoms with E-state index in [0.29, 0.717) is 6.61 Å². The second kappa shape index (κ2) is 7.35. The van der Waals surface area contributed by atoms with Crippen LogP contribution in [0.2, 0.25) is 0 Å². The van der Waals surface area contributed by atoms with Crippen molar-refractivity contribution >= 4 is 11.8 Å². The van der Waals surface area contributed by atoms with Gasteiger partial charge in [-0.3, -0.25) is 4.79 Å². The first-order chi connectivity index (χ1) is 10.2. The molecule has 110 valence electrons. The van der Waals surface area contributed by atoms with Crippen molar-refractivity contribution in [3.8, 4) is 0 Å². The second-order valence-corrected chi connectivity index (χ2v) is 4.42. The molecule has 2 rings (SSSR count). The summed E-state index contributed by atoms with van der Waals surface area (Å²) in [6, 6.07) is 9.59. The monoisotopic (exact) mass is 288 g/mol. The molecule has 0 atom stereocenters. The maximum atomic E-state index is 11.8. The summed E-state index contributed by atoms with van der Waals surface area (Å²) in [5.74, 6) is -0.667. The van der Waals surface area contributed by atoms with Crippen molar-refractivity contribution in [3.63, 3.8) is 0 Å². The molecule has 1 aromatic carbocycles. The van der Waals surface area contributed by atoms with Gasteiger partial charge in [-0.1, -0.05) is 30.3 Å². The molecule has 1 aromatic heterocycles. The Morgan fingerprint density at radius 1 is 1.24 bits per heavy atom. The minimum absolute atomic E-state index is 0.0202. The van der Waals surface area contributed by atoms with Crippen LogP contribution in [0, 0.1) is 0 Å². The lowest BCUT2D eigenvalue weighted by Gasteiger charge is -2.07. The summed E-state index contributed by atoms with van der Waals surface area (Å²) in [5, 5.41) is 0. The van der Waals surface area contributed by atoms with E-state index >= 15 is 0 Å². The third kappa shape index (κ3) is 4.25. The van der Waals surface area contributed by atoms with Gasteiger partial charge < -0.3 is 14.0 Å². The highest BCUT2D eigenvalue weighted by atomic mass is 16.5. The quantitative estimate of drug-likeness (QED) is 0.721. The summed E-state index contributed by atoms with van der Waals surface area (Å²) in [7, 11) is 1.28. The molecule has 6 heteroatoms. The van der Waals surface area contributed by atoms with Crippen LogP contribution in [0.5, 0.6) is 0 Å². The highest BCUT2D eigenvalue weighted by Gasteiger charge is 2.14. The van der Waals surface area contributed by atoms with E-state index in [-0.39, 0.29) is 24.6 Å². The molecular formula is C15H16N2O4. The summed E-state index contributed by atoms with van der Waals surface area (Å²) < 4.78 is 11.4. The fourth-order valence-corrected chi connectivity index (χ4v) is 1.81. The summed E-state index contributed by atoms with van der Waals surface area (Å²) >= 11 is 0. The van der Waals surface area contributed by atoms with Crippen LogP contribution in [-0.2, 0) is 27.4 Å². The SMILES string of the molecule is COC(=O)c1cncn1CC(=O)COCc1ccccc1. The van der Waals surface area contributed by atoms with Gasteiger partial charge in [0.2, 0.25) is 0 Å². The fourth-order valence-electron chi connectivity index (χ4n) is 1.81. The average molecular weight is 288 g/mol. The Balaban J connectivity index is 1.82. The fraction of sp³-hybridized carbons (Fsp3) is 0.267. The minimum Gasteiger partial charge on any atom is -0.464 e. The highest BCUT2D eigenvalue weighted by molar-refractivity contribution is 5.88. The second-order valence-electron chi connectivity index (χ2n) is 4.42. The average Bonchev–Trinajstić information content (AvgIpc) is 2.95. The number of aromatic nitrogens is 2. The molecule has 0 radical (unpaired) electrons. The number of nitrogens with zero attached hydrogens (tertiary/aromatic N) is 2. The van der Waals surface area contributed by atoms with Crippen molar-refractivity contribution in [2.75, 3.05) is 13.7 Å². The van der Waals surface area contributed by atoms with Crippen LogP contribution in [0.25, 0.3) is 0 Å². The topological polar surface area (TPSA) is 70.4 Å². The van der Waals surface area contributed by atoms with E-state index in [2.05, 4.69) is 9.72 Å². The van der Waals surface area contributed by atoms with E-state index in [0.717, 1.165) is 5.56 Å². The van der Waals surface area contributed by atoms with Gasteiger partial charge in [0, 0.05) is 0 Å². The van der Waals surface area contributed by atoms with E-state index < -0.39 is 5.97 Å². The number of rotatable bonds is 7.